The first-order chi connectivity index (χ1) is 9.22. The van der Waals surface area contributed by atoms with Gasteiger partial charge in [0.1, 0.15) is 0 Å². The highest BCUT2D eigenvalue weighted by Crippen LogP contribution is 2.26. The van der Waals surface area contributed by atoms with Crippen molar-refractivity contribution in [3.63, 3.8) is 0 Å². The van der Waals surface area contributed by atoms with Gasteiger partial charge in [-0.15, -0.1) is 11.8 Å². The topological polar surface area (TPSA) is 58.6 Å². The van der Waals surface area contributed by atoms with Crippen molar-refractivity contribution in [1.82, 2.24) is 0 Å². The molecule has 19 heavy (non-hydrogen) atoms. The highest BCUT2D eigenvalue weighted by Gasteiger charge is 2.07. The van der Waals surface area contributed by atoms with E-state index in [0.29, 0.717) is 0 Å². The summed E-state index contributed by atoms with van der Waals surface area (Å²) in [6.45, 7) is 2.10. The van der Waals surface area contributed by atoms with Crippen molar-refractivity contribution in [1.29, 1.82) is 0 Å². The molecule has 98 valence electrons. The van der Waals surface area contributed by atoms with Gasteiger partial charge in [-0.2, -0.15) is 0 Å². The molecule has 0 saturated heterocycles. The number of oxime groups is 1. The van der Waals surface area contributed by atoms with Gasteiger partial charge in [0.25, 0.3) is 0 Å². The molecule has 0 aliphatic carbocycles. The van der Waals surface area contributed by atoms with E-state index in [1.165, 1.54) is 10.5 Å². The molecule has 0 atom stereocenters. The fourth-order valence-corrected chi connectivity index (χ4v) is 2.86. The van der Waals surface area contributed by atoms with Crippen LogP contribution in [0.3, 0.4) is 0 Å². The predicted octanol–water partition coefficient (Wildman–Crippen LogP) is 3.38. The SMILES string of the molecule is Cc1ccccc1SCc1ccccc1/C(N)=N/O. The largest absolute Gasteiger partial charge is 0.409 e. The van der Waals surface area contributed by atoms with E-state index in [-0.39, 0.29) is 5.84 Å². The van der Waals surface area contributed by atoms with Crippen molar-refractivity contribution in [2.75, 3.05) is 0 Å². The number of rotatable bonds is 4. The van der Waals surface area contributed by atoms with Crippen LogP contribution in [0, 0.1) is 6.92 Å². The first kappa shape index (κ1) is 13.5. The molecule has 0 aromatic heterocycles. The number of thioether (sulfide) groups is 1. The number of nitrogens with zero attached hydrogens (tertiary/aromatic N) is 1. The maximum atomic E-state index is 8.80. The summed E-state index contributed by atoms with van der Waals surface area (Å²) in [6.07, 6.45) is 0. The van der Waals surface area contributed by atoms with E-state index in [1.54, 1.807) is 11.8 Å². The Balaban J connectivity index is 2.19. The summed E-state index contributed by atoms with van der Waals surface area (Å²) in [5, 5.41) is 11.9. The third kappa shape index (κ3) is 3.29. The van der Waals surface area contributed by atoms with Crippen molar-refractivity contribution in [3.8, 4) is 0 Å². The standard InChI is InChI=1S/C15H16N2OS/c1-11-6-2-5-9-14(11)19-10-12-7-3-4-8-13(12)15(16)17-18/h2-9,18H,10H2,1H3,(H2,16,17). The van der Waals surface area contributed by atoms with E-state index < -0.39 is 0 Å². The third-order valence-electron chi connectivity index (χ3n) is 2.88. The molecule has 0 bridgehead atoms. The molecule has 3 nitrogen and oxygen atoms in total. The van der Waals surface area contributed by atoms with Gasteiger partial charge in [0.2, 0.25) is 0 Å². The van der Waals surface area contributed by atoms with Crippen LogP contribution in [-0.4, -0.2) is 11.0 Å². The van der Waals surface area contributed by atoms with Crippen molar-refractivity contribution in [2.24, 2.45) is 10.9 Å². The van der Waals surface area contributed by atoms with Gasteiger partial charge in [-0.25, -0.2) is 0 Å². The number of hydrogen-bond donors (Lipinski definition) is 2. The van der Waals surface area contributed by atoms with Crippen LogP contribution < -0.4 is 5.73 Å². The lowest BCUT2D eigenvalue weighted by molar-refractivity contribution is 0.318. The van der Waals surface area contributed by atoms with Gasteiger partial charge in [-0.3, -0.25) is 0 Å². The lowest BCUT2D eigenvalue weighted by Gasteiger charge is -2.09. The summed E-state index contributed by atoms with van der Waals surface area (Å²) in [6, 6.07) is 16.0. The molecule has 3 N–H and O–H groups in total. The summed E-state index contributed by atoms with van der Waals surface area (Å²) in [7, 11) is 0. The summed E-state index contributed by atoms with van der Waals surface area (Å²) in [5.74, 6) is 0.943. The quantitative estimate of drug-likeness (QED) is 0.295. The average Bonchev–Trinajstić information content (AvgIpc) is 2.46. The second-order valence-corrected chi connectivity index (χ2v) is 5.21. The summed E-state index contributed by atoms with van der Waals surface area (Å²) < 4.78 is 0. The smallest absolute Gasteiger partial charge is 0.170 e. The van der Waals surface area contributed by atoms with Gasteiger partial charge in [-0.1, -0.05) is 47.6 Å². The van der Waals surface area contributed by atoms with Gasteiger partial charge < -0.3 is 10.9 Å². The van der Waals surface area contributed by atoms with Crippen molar-refractivity contribution in [3.05, 3.63) is 65.2 Å². The molecule has 0 saturated carbocycles. The van der Waals surface area contributed by atoms with Crippen LogP contribution >= 0.6 is 11.8 Å². The first-order valence-corrected chi connectivity index (χ1v) is 6.95. The molecular formula is C15H16N2OS. The van der Waals surface area contributed by atoms with Crippen molar-refractivity contribution in [2.45, 2.75) is 17.6 Å². The molecule has 0 radical (unpaired) electrons. The summed E-state index contributed by atoms with van der Waals surface area (Å²) >= 11 is 1.75. The molecule has 2 rings (SSSR count). The first-order valence-electron chi connectivity index (χ1n) is 5.96. The van der Waals surface area contributed by atoms with E-state index in [9.17, 15) is 0 Å². The zero-order chi connectivity index (χ0) is 13.7. The van der Waals surface area contributed by atoms with Gasteiger partial charge in [-0.05, 0) is 24.1 Å². The molecule has 0 spiro atoms. The molecule has 0 amide bonds. The highest BCUT2D eigenvalue weighted by atomic mass is 32.2. The number of amidine groups is 1. The number of nitrogens with two attached hydrogens (primary N) is 1. The Morgan fingerprint density at radius 2 is 1.84 bits per heavy atom. The zero-order valence-corrected chi connectivity index (χ0v) is 11.5. The van der Waals surface area contributed by atoms with Gasteiger partial charge in [0.05, 0.1) is 0 Å². The summed E-state index contributed by atoms with van der Waals surface area (Å²) in [5.41, 5.74) is 8.79. The highest BCUT2D eigenvalue weighted by molar-refractivity contribution is 7.98. The molecule has 0 aliphatic rings. The Kier molecular flexibility index (Phi) is 4.47. The van der Waals surface area contributed by atoms with Crippen LogP contribution in [0.15, 0.2) is 58.6 Å². The Morgan fingerprint density at radius 3 is 2.58 bits per heavy atom. The number of benzene rings is 2. The second kappa shape index (κ2) is 6.29. The van der Waals surface area contributed by atoms with Gasteiger partial charge >= 0.3 is 0 Å². The van der Waals surface area contributed by atoms with Crippen LogP contribution in [-0.2, 0) is 5.75 Å². The Labute approximate surface area is 117 Å². The van der Waals surface area contributed by atoms with Crippen LogP contribution in [0.1, 0.15) is 16.7 Å². The van der Waals surface area contributed by atoms with Crippen molar-refractivity contribution >= 4 is 17.6 Å². The maximum Gasteiger partial charge on any atom is 0.170 e. The van der Waals surface area contributed by atoms with E-state index in [1.807, 2.05) is 36.4 Å². The number of hydrogen-bond acceptors (Lipinski definition) is 3. The van der Waals surface area contributed by atoms with Gasteiger partial charge in [0.15, 0.2) is 5.84 Å². The van der Waals surface area contributed by atoms with E-state index >= 15 is 0 Å². The minimum Gasteiger partial charge on any atom is -0.409 e. The normalized spacial score (nSPS) is 11.5. The summed E-state index contributed by atoms with van der Waals surface area (Å²) in [4.78, 5) is 1.25. The Bertz CT molecular complexity index is 596. The molecule has 4 heteroatoms. The van der Waals surface area contributed by atoms with Crippen LogP contribution in [0.25, 0.3) is 0 Å². The Hall–Kier alpha value is -1.94. The van der Waals surface area contributed by atoms with Crippen LogP contribution in [0.4, 0.5) is 0 Å². The zero-order valence-electron chi connectivity index (χ0n) is 10.7. The monoisotopic (exact) mass is 272 g/mol. The molecule has 0 fully saturated rings. The van der Waals surface area contributed by atoms with Crippen molar-refractivity contribution < 1.29 is 5.21 Å². The molecule has 0 heterocycles. The minimum atomic E-state index is 0.154. The molecule has 0 aliphatic heterocycles. The van der Waals surface area contributed by atoms with E-state index in [2.05, 4.69) is 24.2 Å². The van der Waals surface area contributed by atoms with Crippen LogP contribution in [0.5, 0.6) is 0 Å². The lowest BCUT2D eigenvalue weighted by Crippen LogP contribution is -2.15. The fourth-order valence-electron chi connectivity index (χ4n) is 1.82. The minimum absolute atomic E-state index is 0.154. The fraction of sp³-hybridized carbons (Fsp3) is 0.133. The predicted molar refractivity (Wildman–Crippen MR) is 79.7 cm³/mol. The van der Waals surface area contributed by atoms with Crippen LogP contribution in [0.2, 0.25) is 0 Å². The third-order valence-corrected chi connectivity index (χ3v) is 4.10. The van der Waals surface area contributed by atoms with E-state index in [4.69, 9.17) is 10.9 Å². The second-order valence-electron chi connectivity index (χ2n) is 4.20. The Morgan fingerprint density at radius 1 is 1.16 bits per heavy atom. The molecular weight excluding hydrogens is 256 g/mol. The maximum absolute atomic E-state index is 8.80. The molecule has 0 unspecified atom stereocenters. The lowest BCUT2D eigenvalue weighted by atomic mass is 10.1. The van der Waals surface area contributed by atoms with Gasteiger partial charge in [0, 0.05) is 16.2 Å². The molecule has 2 aromatic rings. The van der Waals surface area contributed by atoms with E-state index in [0.717, 1.165) is 16.9 Å². The molecule has 2 aromatic carbocycles. The number of aryl methyl sites for hydroxylation is 1. The average molecular weight is 272 g/mol.